The van der Waals surface area contributed by atoms with E-state index in [0.717, 1.165) is 5.56 Å². The van der Waals surface area contributed by atoms with Crippen LogP contribution >= 0.6 is 0 Å². The maximum Gasteiger partial charge on any atom is 0.293 e. The Balaban J connectivity index is 1.27. The second-order valence-corrected chi connectivity index (χ2v) is 11.8. The van der Waals surface area contributed by atoms with Crippen LogP contribution in [0, 0.1) is 5.92 Å². The highest BCUT2D eigenvalue weighted by Gasteiger charge is 2.36. The molecule has 2 aliphatic rings. The minimum absolute atomic E-state index is 0.111. The molecule has 12 heteroatoms. The van der Waals surface area contributed by atoms with Crippen LogP contribution in [0.5, 0.6) is 17.2 Å². The van der Waals surface area contributed by atoms with E-state index in [1.807, 2.05) is 38.1 Å². The summed E-state index contributed by atoms with van der Waals surface area (Å²) < 4.78 is 23.8. The van der Waals surface area contributed by atoms with E-state index >= 15 is 0 Å². The van der Waals surface area contributed by atoms with Gasteiger partial charge in [-0.25, -0.2) is 4.98 Å². The maximum atomic E-state index is 13.5. The molecule has 0 spiro atoms. The van der Waals surface area contributed by atoms with Crippen molar-refractivity contribution in [1.82, 2.24) is 25.3 Å². The lowest BCUT2D eigenvalue weighted by atomic mass is 10.0. The van der Waals surface area contributed by atoms with E-state index in [1.54, 1.807) is 48.5 Å². The second-order valence-electron chi connectivity index (χ2n) is 11.8. The van der Waals surface area contributed by atoms with Crippen molar-refractivity contribution in [3.05, 3.63) is 77.7 Å². The van der Waals surface area contributed by atoms with E-state index in [0.29, 0.717) is 53.4 Å². The number of ether oxygens (including phenoxy) is 3. The Hall–Kier alpha value is -4.97. The predicted molar refractivity (Wildman–Crippen MR) is 163 cm³/mol. The van der Waals surface area contributed by atoms with Gasteiger partial charge in [0.05, 0.1) is 37.3 Å². The lowest BCUT2D eigenvalue weighted by Crippen LogP contribution is -2.57. The first kappa shape index (κ1) is 30.1. The van der Waals surface area contributed by atoms with Crippen LogP contribution < -0.4 is 14.8 Å². The summed E-state index contributed by atoms with van der Waals surface area (Å²) in [6.07, 6.45) is 1.48. The van der Waals surface area contributed by atoms with Gasteiger partial charge in [0.1, 0.15) is 17.2 Å². The van der Waals surface area contributed by atoms with E-state index in [2.05, 4.69) is 15.5 Å². The Labute approximate surface area is 260 Å². The van der Waals surface area contributed by atoms with Gasteiger partial charge in [0.25, 0.3) is 11.8 Å². The number of amides is 3. The second kappa shape index (κ2) is 12.9. The molecule has 4 bridgehead atoms. The Morgan fingerprint density at radius 1 is 1.11 bits per heavy atom. The van der Waals surface area contributed by atoms with Gasteiger partial charge in [0.2, 0.25) is 17.3 Å². The Kier molecular flexibility index (Phi) is 8.65. The SMILES string of the molecule is CC(C)COc1cc2cc(c1)C(=O)N(C)CC(=O)N[C@H]1CCN(C(=O)c3onc4ncccc34)C[C@@H]1OCc1cccc(c1)O2. The third kappa shape index (κ3) is 6.91. The topological polar surface area (TPSA) is 136 Å². The van der Waals surface area contributed by atoms with Crippen molar-refractivity contribution in [2.75, 3.05) is 33.3 Å². The molecule has 4 heterocycles. The highest BCUT2D eigenvalue weighted by Crippen LogP contribution is 2.30. The van der Waals surface area contributed by atoms with Gasteiger partial charge in [0.15, 0.2) is 0 Å². The molecule has 4 aromatic rings. The lowest BCUT2D eigenvalue weighted by molar-refractivity contribution is -0.124. The van der Waals surface area contributed by atoms with Crippen molar-refractivity contribution in [3.63, 3.8) is 0 Å². The largest absolute Gasteiger partial charge is 0.493 e. The van der Waals surface area contributed by atoms with E-state index in [9.17, 15) is 14.4 Å². The third-order valence-electron chi connectivity index (χ3n) is 7.68. The van der Waals surface area contributed by atoms with Crippen molar-refractivity contribution in [3.8, 4) is 17.2 Å². The van der Waals surface area contributed by atoms with Crippen LogP contribution in [0.3, 0.4) is 0 Å². The molecule has 1 saturated heterocycles. The first-order valence-corrected chi connectivity index (χ1v) is 14.9. The molecule has 2 aliphatic heterocycles. The minimum Gasteiger partial charge on any atom is -0.493 e. The molecule has 2 atom stereocenters. The van der Waals surface area contributed by atoms with Crippen molar-refractivity contribution in [2.24, 2.45) is 5.92 Å². The van der Waals surface area contributed by atoms with Crippen LogP contribution in [0.1, 0.15) is 46.7 Å². The van der Waals surface area contributed by atoms with Gasteiger partial charge < -0.3 is 33.9 Å². The van der Waals surface area contributed by atoms with E-state index in [-0.39, 0.29) is 49.1 Å². The van der Waals surface area contributed by atoms with Gasteiger partial charge in [-0.3, -0.25) is 14.4 Å². The molecule has 0 saturated carbocycles. The zero-order valence-electron chi connectivity index (χ0n) is 25.4. The quantitative estimate of drug-likeness (QED) is 0.362. The highest BCUT2D eigenvalue weighted by atomic mass is 16.5. The smallest absolute Gasteiger partial charge is 0.293 e. The zero-order valence-corrected chi connectivity index (χ0v) is 25.4. The Bertz CT molecular complexity index is 1720. The molecule has 2 aromatic heterocycles. The van der Waals surface area contributed by atoms with E-state index < -0.39 is 12.1 Å². The van der Waals surface area contributed by atoms with Crippen LogP contribution in [0.15, 0.2) is 65.3 Å². The minimum atomic E-state index is -0.536. The van der Waals surface area contributed by atoms with Crippen LogP contribution in [0.25, 0.3) is 11.0 Å². The number of benzene rings is 2. The summed E-state index contributed by atoms with van der Waals surface area (Å²) in [4.78, 5) is 47.3. The number of rotatable bonds is 4. The number of carbonyl (C=O) groups is 3. The molecule has 6 rings (SSSR count). The molecule has 0 radical (unpaired) electrons. The summed E-state index contributed by atoms with van der Waals surface area (Å²) in [7, 11) is 1.57. The number of fused-ring (bicyclic) bond motifs is 6. The standard InChI is InChI=1S/C33H35N5O7/c1-20(2)18-42-24-13-22-14-25(15-24)44-23-7-4-6-21(12-23)19-43-28-16-38(11-9-27(28)35-29(39)17-37(3)32(22)40)33(41)30-26-8-5-10-34-31(26)36-45-30/h4-8,10,12-15,20,27-28H,9,11,16-19H2,1-3H3,(H,35,39)/t27-,28-/m0/s1. The zero-order chi connectivity index (χ0) is 31.5. The molecule has 2 aromatic carbocycles. The van der Waals surface area contributed by atoms with Crippen molar-refractivity contribution in [2.45, 2.75) is 39.0 Å². The Morgan fingerprint density at radius 2 is 1.98 bits per heavy atom. The van der Waals surface area contributed by atoms with Crippen molar-refractivity contribution in [1.29, 1.82) is 0 Å². The molecular weight excluding hydrogens is 578 g/mol. The number of aromatic nitrogens is 2. The first-order chi connectivity index (χ1) is 21.7. The number of likely N-dealkylation sites (tertiary alicyclic amines) is 1. The lowest BCUT2D eigenvalue weighted by Gasteiger charge is -2.38. The highest BCUT2D eigenvalue weighted by molar-refractivity contribution is 6.02. The molecule has 12 nitrogen and oxygen atoms in total. The van der Waals surface area contributed by atoms with Gasteiger partial charge in [-0.05, 0) is 54.3 Å². The number of nitrogens with zero attached hydrogens (tertiary/aromatic N) is 4. The van der Waals surface area contributed by atoms with Crippen LogP contribution in [0.4, 0.5) is 0 Å². The number of hydrogen-bond donors (Lipinski definition) is 1. The average Bonchev–Trinajstić information content (AvgIpc) is 3.46. The molecule has 3 amide bonds. The van der Waals surface area contributed by atoms with Gasteiger partial charge >= 0.3 is 0 Å². The van der Waals surface area contributed by atoms with Crippen LogP contribution in [0.2, 0.25) is 0 Å². The van der Waals surface area contributed by atoms with E-state index in [1.165, 1.54) is 4.90 Å². The van der Waals surface area contributed by atoms with E-state index in [4.69, 9.17) is 18.7 Å². The van der Waals surface area contributed by atoms with Gasteiger partial charge in [-0.1, -0.05) is 31.1 Å². The van der Waals surface area contributed by atoms with Crippen LogP contribution in [-0.4, -0.2) is 83.1 Å². The average molecular weight is 614 g/mol. The molecular formula is C33H35N5O7. The first-order valence-electron chi connectivity index (χ1n) is 14.9. The molecule has 45 heavy (non-hydrogen) atoms. The summed E-state index contributed by atoms with van der Waals surface area (Å²) in [5, 5.41) is 7.49. The summed E-state index contributed by atoms with van der Waals surface area (Å²) in [5.41, 5.74) is 1.53. The predicted octanol–water partition coefficient (Wildman–Crippen LogP) is 4.05. The Morgan fingerprint density at radius 3 is 2.82 bits per heavy atom. The fourth-order valence-electron chi connectivity index (χ4n) is 5.42. The van der Waals surface area contributed by atoms with Gasteiger partial charge in [-0.2, -0.15) is 0 Å². The molecule has 1 N–H and O–H groups in total. The maximum absolute atomic E-state index is 13.5. The van der Waals surface area contributed by atoms with Crippen molar-refractivity contribution >= 4 is 28.8 Å². The normalized spacial score (nSPS) is 19.2. The number of pyridine rings is 1. The molecule has 0 aliphatic carbocycles. The van der Waals surface area contributed by atoms with Gasteiger partial charge in [0, 0.05) is 38.0 Å². The number of piperidine rings is 1. The number of likely N-dealkylation sites (N-methyl/N-ethyl adjacent to an activating group) is 1. The van der Waals surface area contributed by atoms with Gasteiger partial charge in [-0.15, -0.1) is 0 Å². The summed E-state index contributed by atoms with van der Waals surface area (Å²) >= 11 is 0. The molecule has 0 unspecified atom stereocenters. The molecule has 234 valence electrons. The number of nitrogens with one attached hydrogen (secondary N) is 1. The number of hydrogen-bond acceptors (Lipinski definition) is 9. The van der Waals surface area contributed by atoms with Crippen LogP contribution in [-0.2, 0) is 16.1 Å². The third-order valence-corrected chi connectivity index (χ3v) is 7.68. The summed E-state index contributed by atoms with van der Waals surface area (Å²) in [5.74, 6) is 0.870. The fourth-order valence-corrected chi connectivity index (χ4v) is 5.42. The van der Waals surface area contributed by atoms with Crippen molar-refractivity contribution < 1.29 is 33.1 Å². The number of carbonyl (C=O) groups excluding carboxylic acids is 3. The summed E-state index contributed by atoms with van der Waals surface area (Å²) in [6.45, 7) is 5.16. The fraction of sp³-hybridized carbons (Fsp3) is 0.364. The monoisotopic (exact) mass is 613 g/mol. The molecule has 1 fully saturated rings. The summed E-state index contributed by atoms with van der Waals surface area (Å²) in [6, 6.07) is 15.6.